The second-order valence-corrected chi connectivity index (χ2v) is 16.2. The maximum Gasteiger partial charge on any atom is 0.342 e. The van der Waals surface area contributed by atoms with Gasteiger partial charge in [-0.1, -0.05) is 54.5 Å². The predicted molar refractivity (Wildman–Crippen MR) is 136 cm³/mol. The number of hydrogen-bond donors (Lipinski definition) is 0. The van der Waals surface area contributed by atoms with Gasteiger partial charge < -0.3 is 9.16 Å². The molecule has 0 aliphatic heterocycles. The Morgan fingerprint density at radius 1 is 1.09 bits per heavy atom. The second kappa shape index (κ2) is 9.81. The first kappa shape index (κ1) is 26.4. The number of fused-ring (bicyclic) bond motifs is 2. The number of ether oxygens (including phenoxy) is 1. The zero-order valence-corrected chi connectivity index (χ0v) is 23.3. The van der Waals surface area contributed by atoms with Gasteiger partial charge in [-0.3, -0.25) is 4.79 Å². The summed E-state index contributed by atoms with van der Waals surface area (Å²) in [4.78, 5) is 26.0. The molecule has 0 heterocycles. The third-order valence-corrected chi connectivity index (χ3v) is 14.2. The Hall–Kier alpha value is -1.20. The van der Waals surface area contributed by atoms with Gasteiger partial charge in [0.2, 0.25) is 0 Å². The third-order valence-electron chi connectivity index (χ3n) is 9.50. The fraction of sp³-hybridized carbons (Fsp3) is 0.786. The number of carbonyl (C=O) groups excluding carboxylic acids is 2. The van der Waals surface area contributed by atoms with E-state index in [2.05, 4.69) is 54.5 Å². The quantitative estimate of drug-likeness (QED) is 0.216. The van der Waals surface area contributed by atoms with E-state index in [0.717, 1.165) is 49.4 Å². The van der Waals surface area contributed by atoms with Crippen LogP contribution in [-0.2, 0) is 18.8 Å². The molecule has 1 saturated carbocycles. The van der Waals surface area contributed by atoms with Crippen LogP contribution in [0.2, 0.25) is 18.1 Å². The Bertz CT molecular complexity index is 829. The van der Waals surface area contributed by atoms with Crippen LogP contribution in [0.4, 0.5) is 0 Å². The van der Waals surface area contributed by atoms with Gasteiger partial charge in [-0.2, -0.15) is 0 Å². The Morgan fingerprint density at radius 3 is 2.27 bits per heavy atom. The summed E-state index contributed by atoms with van der Waals surface area (Å²) >= 11 is 0. The van der Waals surface area contributed by atoms with Gasteiger partial charge in [0.1, 0.15) is 5.57 Å². The zero-order chi connectivity index (χ0) is 24.6. The van der Waals surface area contributed by atoms with Crippen LogP contribution >= 0.6 is 0 Å². The molecule has 4 nitrogen and oxygen atoms in total. The number of ketones is 1. The highest BCUT2D eigenvalue weighted by Gasteiger charge is 2.54. The fourth-order valence-corrected chi connectivity index (χ4v) is 9.76. The van der Waals surface area contributed by atoms with Gasteiger partial charge in [-0.25, -0.2) is 4.79 Å². The first-order valence-corrected chi connectivity index (χ1v) is 15.9. The molecule has 0 aromatic rings. The van der Waals surface area contributed by atoms with Crippen molar-refractivity contribution in [1.29, 1.82) is 0 Å². The van der Waals surface area contributed by atoms with E-state index in [1.165, 1.54) is 5.57 Å². The number of allylic oxidation sites excluding steroid dienone is 2. The molecular formula is C28H46O4Si. The van der Waals surface area contributed by atoms with Crippen LogP contribution in [0.5, 0.6) is 0 Å². The molecule has 3 aliphatic carbocycles. The van der Waals surface area contributed by atoms with Crippen LogP contribution in [0, 0.1) is 22.7 Å². The smallest absolute Gasteiger partial charge is 0.342 e. The van der Waals surface area contributed by atoms with E-state index in [-0.39, 0.29) is 29.3 Å². The SMILES string of the molecule is CCOC(=O)C1=C2C=C3[C@@H](O[Si](CC)(CC)CC)C[C@H](C(C)C)[C@@]3(C)CC[C@]2(C)CCC1=O. The van der Waals surface area contributed by atoms with Crippen molar-refractivity contribution < 1.29 is 18.8 Å². The maximum absolute atomic E-state index is 13.0. The molecule has 0 spiro atoms. The summed E-state index contributed by atoms with van der Waals surface area (Å²) in [5, 5.41) is 0. The molecule has 5 heteroatoms. The van der Waals surface area contributed by atoms with Crippen LogP contribution in [0.3, 0.4) is 0 Å². The molecule has 3 rings (SSSR count). The first-order chi connectivity index (χ1) is 15.5. The number of hydrogen-bond acceptors (Lipinski definition) is 4. The van der Waals surface area contributed by atoms with E-state index in [9.17, 15) is 9.59 Å². The highest BCUT2D eigenvalue weighted by atomic mass is 28.4. The van der Waals surface area contributed by atoms with Crippen molar-refractivity contribution in [1.82, 2.24) is 0 Å². The zero-order valence-electron chi connectivity index (χ0n) is 22.3. The summed E-state index contributed by atoms with van der Waals surface area (Å²) in [5.41, 5.74) is 2.43. The molecule has 33 heavy (non-hydrogen) atoms. The normalized spacial score (nSPS) is 32.4. The van der Waals surface area contributed by atoms with Gasteiger partial charge in [0.15, 0.2) is 14.1 Å². The minimum atomic E-state index is -1.82. The highest BCUT2D eigenvalue weighted by Crippen LogP contribution is 2.60. The number of carbonyl (C=O) groups is 2. The van der Waals surface area contributed by atoms with Crippen molar-refractivity contribution in [3.63, 3.8) is 0 Å². The van der Waals surface area contributed by atoms with Gasteiger partial charge in [0.25, 0.3) is 0 Å². The molecule has 0 aromatic heterocycles. The number of rotatable bonds is 8. The van der Waals surface area contributed by atoms with Crippen molar-refractivity contribution in [3.8, 4) is 0 Å². The molecule has 0 radical (unpaired) electrons. The lowest BCUT2D eigenvalue weighted by molar-refractivity contribution is -0.140. The van der Waals surface area contributed by atoms with Crippen LogP contribution < -0.4 is 0 Å². The van der Waals surface area contributed by atoms with Crippen LogP contribution in [-0.4, -0.2) is 32.8 Å². The molecule has 0 aromatic carbocycles. The van der Waals surface area contributed by atoms with E-state index < -0.39 is 14.3 Å². The largest absolute Gasteiger partial charge is 0.462 e. The Kier molecular flexibility index (Phi) is 7.85. The highest BCUT2D eigenvalue weighted by molar-refractivity contribution is 6.73. The van der Waals surface area contributed by atoms with E-state index in [1.54, 1.807) is 6.92 Å². The second-order valence-electron chi connectivity index (χ2n) is 11.4. The average molecular weight is 475 g/mol. The van der Waals surface area contributed by atoms with E-state index in [4.69, 9.17) is 9.16 Å². The van der Waals surface area contributed by atoms with Gasteiger partial charge in [0, 0.05) is 6.42 Å². The molecule has 0 N–H and O–H groups in total. The standard InChI is InChI=1S/C28H46O4Si/c1-9-31-26(30)25-22-17-21-24(32-33(10-2,11-3)12-4)18-20(19(5)6)28(21,8)16-15-27(22,7)14-13-23(25)29/h17,19-20,24H,9-16,18H2,1-8H3/t20-,24+,27+,28-/m1/s1. The van der Waals surface area contributed by atoms with Gasteiger partial charge in [-0.05, 0) is 84.6 Å². The van der Waals surface area contributed by atoms with Gasteiger partial charge in [0.05, 0.1) is 12.7 Å². The monoisotopic (exact) mass is 474 g/mol. The molecule has 186 valence electrons. The molecular weight excluding hydrogens is 428 g/mol. The number of Topliss-reactive ketones (excluding diaryl/α,β-unsaturated/α-hetero) is 1. The molecule has 0 unspecified atom stereocenters. The van der Waals surface area contributed by atoms with E-state index >= 15 is 0 Å². The average Bonchev–Trinajstić information content (AvgIpc) is 2.98. The Balaban J connectivity index is 2.21. The van der Waals surface area contributed by atoms with Crippen molar-refractivity contribution >= 4 is 20.1 Å². The summed E-state index contributed by atoms with van der Waals surface area (Å²) in [5.74, 6) is 0.592. The topological polar surface area (TPSA) is 52.6 Å². The Morgan fingerprint density at radius 2 is 1.73 bits per heavy atom. The molecule has 0 saturated heterocycles. The lowest BCUT2D eigenvalue weighted by Crippen LogP contribution is -2.40. The van der Waals surface area contributed by atoms with E-state index in [1.807, 2.05) is 0 Å². The lowest BCUT2D eigenvalue weighted by atomic mass is 9.66. The summed E-state index contributed by atoms with van der Waals surface area (Å²) in [6, 6.07) is 3.37. The lowest BCUT2D eigenvalue weighted by Gasteiger charge is -2.38. The van der Waals surface area contributed by atoms with Crippen molar-refractivity contribution in [2.45, 2.75) is 112 Å². The Labute approximate surface area is 202 Å². The maximum atomic E-state index is 13.0. The van der Waals surface area contributed by atoms with Crippen molar-refractivity contribution in [2.24, 2.45) is 22.7 Å². The van der Waals surface area contributed by atoms with Crippen molar-refractivity contribution in [3.05, 3.63) is 22.8 Å². The molecule has 3 aliphatic rings. The van der Waals surface area contributed by atoms with Crippen LogP contribution in [0.15, 0.2) is 22.8 Å². The van der Waals surface area contributed by atoms with Gasteiger partial charge >= 0.3 is 5.97 Å². The van der Waals surface area contributed by atoms with Gasteiger partial charge in [-0.15, -0.1) is 0 Å². The van der Waals surface area contributed by atoms with Crippen LogP contribution in [0.25, 0.3) is 0 Å². The fourth-order valence-electron chi connectivity index (χ4n) is 6.93. The first-order valence-electron chi connectivity index (χ1n) is 13.4. The van der Waals surface area contributed by atoms with Crippen LogP contribution in [0.1, 0.15) is 87.5 Å². The van der Waals surface area contributed by atoms with Crippen molar-refractivity contribution in [2.75, 3.05) is 6.61 Å². The number of esters is 1. The van der Waals surface area contributed by atoms with E-state index in [0.29, 0.717) is 23.8 Å². The molecule has 0 amide bonds. The summed E-state index contributed by atoms with van der Waals surface area (Å²) in [6.07, 6.45) is 6.68. The summed E-state index contributed by atoms with van der Waals surface area (Å²) in [7, 11) is -1.82. The molecule has 4 atom stereocenters. The minimum Gasteiger partial charge on any atom is -0.462 e. The predicted octanol–water partition coefficient (Wildman–Crippen LogP) is 7.01. The summed E-state index contributed by atoms with van der Waals surface area (Å²) < 4.78 is 12.5. The minimum absolute atomic E-state index is 0.0321. The molecule has 1 fully saturated rings. The summed E-state index contributed by atoms with van der Waals surface area (Å²) in [6.45, 7) is 18.3. The third kappa shape index (κ3) is 4.56. The molecule has 0 bridgehead atoms.